The summed E-state index contributed by atoms with van der Waals surface area (Å²) in [6.45, 7) is 4.24. The molecule has 0 N–H and O–H groups in total. The third-order valence-corrected chi connectivity index (χ3v) is 6.11. The Labute approximate surface area is 170 Å². The third kappa shape index (κ3) is 3.52. The fraction of sp³-hybridized carbons (Fsp3) is 0.381. The van der Waals surface area contributed by atoms with Crippen LogP contribution in [0.4, 0.5) is 11.4 Å². The zero-order chi connectivity index (χ0) is 18.4. The fourth-order valence-corrected chi connectivity index (χ4v) is 4.25. The maximum Gasteiger partial charge on any atom is 0.129 e. The van der Waals surface area contributed by atoms with E-state index in [9.17, 15) is 0 Å². The number of hydrogen-bond acceptors (Lipinski definition) is 4. The van der Waals surface area contributed by atoms with Crippen LogP contribution < -0.4 is 9.91 Å². The molecule has 0 spiro atoms. The Morgan fingerprint density at radius 3 is 2.52 bits per heavy atom. The molecule has 0 amide bonds. The molecule has 1 saturated heterocycles. The average Bonchev–Trinajstić information content (AvgIpc) is 3.48. The number of halogens is 2. The van der Waals surface area contributed by atoms with Gasteiger partial charge in [0.25, 0.3) is 0 Å². The third-order valence-electron chi connectivity index (χ3n) is 5.51. The molecular weight excluding hydrogens is 381 g/mol. The average molecular weight is 403 g/mol. The largest absolute Gasteiger partial charge is 0.365 e. The summed E-state index contributed by atoms with van der Waals surface area (Å²) in [7, 11) is 0. The van der Waals surface area contributed by atoms with E-state index in [1.807, 2.05) is 12.1 Å². The Balaban J connectivity index is 1.21. The van der Waals surface area contributed by atoms with Crippen molar-refractivity contribution in [3.05, 3.63) is 64.2 Å². The van der Waals surface area contributed by atoms with E-state index in [4.69, 9.17) is 27.9 Å². The molecular formula is C21H22Cl2N3O. The summed E-state index contributed by atoms with van der Waals surface area (Å²) >= 11 is 12.3. The van der Waals surface area contributed by atoms with Gasteiger partial charge in [0.15, 0.2) is 0 Å². The molecule has 0 bridgehead atoms. The highest BCUT2D eigenvalue weighted by atomic mass is 35.5. The normalized spacial score (nSPS) is 20.5. The molecule has 2 heterocycles. The van der Waals surface area contributed by atoms with E-state index in [1.54, 1.807) is 6.07 Å². The maximum absolute atomic E-state index is 6.22. The minimum Gasteiger partial charge on any atom is -0.365 e. The summed E-state index contributed by atoms with van der Waals surface area (Å²) in [5.41, 5.74) is 3.61. The molecule has 2 aromatic carbocycles. The highest BCUT2D eigenvalue weighted by Gasteiger charge is 2.39. The first kappa shape index (κ1) is 17.6. The van der Waals surface area contributed by atoms with Gasteiger partial charge >= 0.3 is 0 Å². The number of anilines is 2. The second kappa shape index (κ2) is 7.17. The Morgan fingerprint density at radius 2 is 1.74 bits per heavy atom. The minimum atomic E-state index is 0.467. The second-order valence-electron chi connectivity index (χ2n) is 7.42. The van der Waals surface area contributed by atoms with Crippen molar-refractivity contribution in [2.24, 2.45) is 0 Å². The van der Waals surface area contributed by atoms with Gasteiger partial charge in [-0.1, -0.05) is 35.3 Å². The number of hydrogen-bond donors (Lipinski definition) is 0. The molecule has 1 radical (unpaired) electrons. The number of ether oxygens (including phenoxy) is 1. The molecule has 6 heteroatoms. The number of hydrazine groups is 1. The summed E-state index contributed by atoms with van der Waals surface area (Å²) in [6.07, 6.45) is 3.75. The number of fused-ring (bicyclic) bond motifs is 1. The van der Waals surface area contributed by atoms with Crippen molar-refractivity contribution in [2.45, 2.75) is 25.5 Å². The lowest BCUT2D eigenvalue weighted by atomic mass is 10.1. The van der Waals surface area contributed by atoms with E-state index in [2.05, 4.69) is 39.2 Å². The Bertz CT molecular complexity index is 836. The van der Waals surface area contributed by atoms with Gasteiger partial charge in [-0.15, -0.1) is 0 Å². The molecule has 5 rings (SSSR count). The van der Waals surface area contributed by atoms with E-state index < -0.39 is 0 Å². The van der Waals surface area contributed by atoms with Crippen LogP contribution in [0.5, 0.6) is 0 Å². The van der Waals surface area contributed by atoms with E-state index >= 15 is 0 Å². The van der Waals surface area contributed by atoms with E-state index in [0.29, 0.717) is 16.7 Å². The molecule has 0 aromatic heterocycles. The molecule has 141 valence electrons. The molecule has 2 aliphatic heterocycles. The molecule has 27 heavy (non-hydrogen) atoms. The minimum absolute atomic E-state index is 0.467. The van der Waals surface area contributed by atoms with Crippen molar-refractivity contribution in [3.8, 4) is 0 Å². The Hall–Kier alpha value is -1.46. The van der Waals surface area contributed by atoms with Crippen LogP contribution >= 0.6 is 23.2 Å². The van der Waals surface area contributed by atoms with E-state index in [-0.39, 0.29) is 0 Å². The van der Waals surface area contributed by atoms with Crippen molar-refractivity contribution in [1.29, 1.82) is 0 Å². The molecule has 1 aliphatic carbocycles. The van der Waals surface area contributed by atoms with Crippen LogP contribution in [0.15, 0.2) is 42.5 Å². The summed E-state index contributed by atoms with van der Waals surface area (Å²) in [5.74, 6) is 0. The molecule has 2 aromatic rings. The van der Waals surface area contributed by atoms with Gasteiger partial charge in [-0.05, 0) is 48.7 Å². The number of nitrogens with zero attached hydrogens (tertiary/aromatic N) is 3. The Morgan fingerprint density at radius 1 is 0.963 bits per heavy atom. The van der Waals surface area contributed by atoms with E-state index in [1.165, 1.54) is 24.2 Å². The molecule has 4 nitrogen and oxygen atoms in total. The number of rotatable bonds is 5. The van der Waals surface area contributed by atoms with Crippen molar-refractivity contribution in [2.75, 3.05) is 36.1 Å². The molecule has 0 atom stereocenters. The van der Waals surface area contributed by atoms with Gasteiger partial charge in [0.1, 0.15) is 6.10 Å². The second-order valence-corrected chi connectivity index (χ2v) is 8.27. The van der Waals surface area contributed by atoms with Gasteiger partial charge < -0.3 is 14.6 Å². The number of benzene rings is 2. The van der Waals surface area contributed by atoms with Crippen molar-refractivity contribution >= 4 is 34.6 Å². The van der Waals surface area contributed by atoms with Gasteiger partial charge in [-0.3, -0.25) is 0 Å². The molecule has 1 saturated carbocycles. The van der Waals surface area contributed by atoms with Gasteiger partial charge in [-0.2, -0.15) is 0 Å². The highest BCUT2D eigenvalue weighted by Crippen LogP contribution is 2.41. The van der Waals surface area contributed by atoms with Crippen molar-refractivity contribution in [3.63, 3.8) is 0 Å². The predicted octanol–water partition coefficient (Wildman–Crippen LogP) is 4.76. The lowest BCUT2D eigenvalue weighted by Gasteiger charge is -2.50. The van der Waals surface area contributed by atoms with Crippen LogP contribution in [0.3, 0.4) is 0 Å². The van der Waals surface area contributed by atoms with Gasteiger partial charge in [-0.25, -0.2) is 5.01 Å². The van der Waals surface area contributed by atoms with E-state index in [0.717, 1.165) is 43.9 Å². The lowest BCUT2D eigenvalue weighted by molar-refractivity contribution is 0.0124. The highest BCUT2D eigenvalue weighted by molar-refractivity contribution is 6.33. The lowest BCUT2D eigenvalue weighted by Crippen LogP contribution is -2.59. The van der Waals surface area contributed by atoms with Crippen LogP contribution in [-0.4, -0.2) is 37.2 Å². The van der Waals surface area contributed by atoms with Gasteiger partial charge in [0.05, 0.1) is 37.6 Å². The topological polar surface area (TPSA) is 19.0 Å². The summed E-state index contributed by atoms with van der Waals surface area (Å²) in [5, 5.41) is 6.15. The van der Waals surface area contributed by atoms with Crippen LogP contribution in [0.2, 0.25) is 10.0 Å². The van der Waals surface area contributed by atoms with Gasteiger partial charge in [0.2, 0.25) is 0 Å². The number of para-hydroxylation sites is 2. The molecule has 2 fully saturated rings. The standard InChI is InChI=1S/C21H22Cl2N3O/c22-16-5-8-19(23)15(11-16)14-27-18-12-24(13-18)26-10-9-25(17-6-7-17)20-3-1-2-4-21(20)26/h1-5,8,11,17H,6-7,9-10,12-14H2. The maximum atomic E-state index is 6.22. The summed E-state index contributed by atoms with van der Waals surface area (Å²) in [6, 6.07) is 15.0. The molecule has 3 aliphatic rings. The quantitative estimate of drug-likeness (QED) is 0.717. The van der Waals surface area contributed by atoms with Crippen LogP contribution in [-0.2, 0) is 11.3 Å². The predicted molar refractivity (Wildman–Crippen MR) is 110 cm³/mol. The van der Waals surface area contributed by atoms with Gasteiger partial charge in [0, 0.05) is 22.6 Å². The van der Waals surface area contributed by atoms with Crippen molar-refractivity contribution in [1.82, 2.24) is 5.01 Å². The zero-order valence-electron chi connectivity index (χ0n) is 15.1. The fourth-order valence-electron chi connectivity index (χ4n) is 3.88. The summed E-state index contributed by atoms with van der Waals surface area (Å²) < 4.78 is 5.97. The Kier molecular flexibility index (Phi) is 4.68. The van der Waals surface area contributed by atoms with Crippen molar-refractivity contribution < 1.29 is 4.74 Å². The first-order valence-corrected chi connectivity index (χ1v) is 10.2. The SMILES string of the molecule is Clc1ccc(Cl)c(CO[C]2CN(N3CCN(C4CC4)c4ccccc43)C2)c1. The van der Waals surface area contributed by atoms with Crippen LogP contribution in [0.25, 0.3) is 0 Å². The smallest absolute Gasteiger partial charge is 0.129 e. The zero-order valence-corrected chi connectivity index (χ0v) is 16.6. The monoisotopic (exact) mass is 402 g/mol. The van der Waals surface area contributed by atoms with Crippen LogP contribution in [0, 0.1) is 6.10 Å². The first-order chi connectivity index (χ1) is 13.2. The summed E-state index contributed by atoms with van der Waals surface area (Å²) in [4.78, 5) is 2.58. The van der Waals surface area contributed by atoms with Crippen LogP contribution in [0.1, 0.15) is 18.4 Å². The first-order valence-electron chi connectivity index (χ1n) is 9.48. The molecule has 0 unspecified atom stereocenters.